The summed E-state index contributed by atoms with van der Waals surface area (Å²) >= 11 is 4.80. The molecule has 96 valence electrons. The van der Waals surface area contributed by atoms with Gasteiger partial charge in [0.15, 0.2) is 0 Å². The normalized spacial score (nSPS) is 10.6. The lowest BCUT2D eigenvalue weighted by atomic mass is 10.2. The number of anilines is 2. The lowest BCUT2D eigenvalue weighted by Gasteiger charge is -2.08. The summed E-state index contributed by atoms with van der Waals surface area (Å²) in [5.41, 5.74) is 6.84. The molecule has 0 aliphatic rings. The Labute approximate surface area is 117 Å². The van der Waals surface area contributed by atoms with Crippen molar-refractivity contribution in [1.29, 1.82) is 0 Å². The number of hydrogen-bond acceptors (Lipinski definition) is 4. The molecule has 0 unspecified atom stereocenters. The maximum Gasteiger partial charge on any atom is 0.139 e. The van der Waals surface area contributed by atoms with Gasteiger partial charge in [-0.3, -0.25) is 0 Å². The number of nitrogens with zero attached hydrogens (tertiary/aromatic N) is 1. The zero-order valence-electron chi connectivity index (χ0n) is 9.84. The molecule has 0 saturated heterocycles. The van der Waals surface area contributed by atoms with E-state index < -0.39 is 0 Å². The number of thiazole rings is 1. The van der Waals surface area contributed by atoms with Crippen molar-refractivity contribution < 1.29 is 4.39 Å². The summed E-state index contributed by atoms with van der Waals surface area (Å²) in [5, 5.41) is 4.15. The molecule has 0 amide bonds. The SMILES string of the molecule is CCc1cnc(CNc2cc(Br)c(F)cc2N)s1. The van der Waals surface area contributed by atoms with Crippen molar-refractivity contribution in [2.75, 3.05) is 11.1 Å². The summed E-state index contributed by atoms with van der Waals surface area (Å²) < 4.78 is 13.6. The van der Waals surface area contributed by atoms with Crippen LogP contribution in [0.2, 0.25) is 0 Å². The molecule has 3 N–H and O–H groups in total. The predicted molar refractivity (Wildman–Crippen MR) is 77.3 cm³/mol. The van der Waals surface area contributed by atoms with Crippen LogP contribution in [0.4, 0.5) is 15.8 Å². The van der Waals surface area contributed by atoms with Crippen molar-refractivity contribution in [3.63, 3.8) is 0 Å². The van der Waals surface area contributed by atoms with E-state index >= 15 is 0 Å². The molecule has 1 heterocycles. The van der Waals surface area contributed by atoms with E-state index in [0.717, 1.165) is 11.4 Å². The summed E-state index contributed by atoms with van der Waals surface area (Å²) in [6, 6.07) is 2.94. The highest BCUT2D eigenvalue weighted by atomic mass is 79.9. The first-order chi connectivity index (χ1) is 8.60. The van der Waals surface area contributed by atoms with E-state index in [4.69, 9.17) is 5.73 Å². The number of aryl methyl sites for hydroxylation is 1. The van der Waals surface area contributed by atoms with Gasteiger partial charge in [-0.1, -0.05) is 6.92 Å². The Kier molecular flexibility index (Phi) is 4.19. The van der Waals surface area contributed by atoms with Crippen LogP contribution in [0.15, 0.2) is 22.8 Å². The first-order valence-corrected chi connectivity index (χ1v) is 7.13. The average Bonchev–Trinajstić information content (AvgIpc) is 2.80. The number of aromatic nitrogens is 1. The summed E-state index contributed by atoms with van der Waals surface area (Å²) in [7, 11) is 0. The van der Waals surface area contributed by atoms with Crippen molar-refractivity contribution in [1.82, 2.24) is 4.98 Å². The Hall–Kier alpha value is -1.14. The van der Waals surface area contributed by atoms with Crippen LogP contribution in [0.25, 0.3) is 0 Å². The Bertz CT molecular complexity index is 556. The molecular weight excluding hydrogens is 317 g/mol. The highest BCUT2D eigenvalue weighted by molar-refractivity contribution is 9.10. The van der Waals surface area contributed by atoms with Gasteiger partial charge in [-0.2, -0.15) is 0 Å². The molecule has 0 aliphatic carbocycles. The third-order valence-electron chi connectivity index (χ3n) is 2.47. The number of nitrogens with one attached hydrogen (secondary N) is 1. The smallest absolute Gasteiger partial charge is 0.139 e. The molecule has 1 aromatic heterocycles. The van der Waals surface area contributed by atoms with Crippen LogP contribution < -0.4 is 11.1 Å². The fourth-order valence-corrected chi connectivity index (χ4v) is 2.62. The molecule has 0 atom stereocenters. The molecular formula is C12H13BrFN3S. The van der Waals surface area contributed by atoms with Gasteiger partial charge < -0.3 is 11.1 Å². The van der Waals surface area contributed by atoms with Gasteiger partial charge in [0, 0.05) is 17.1 Å². The van der Waals surface area contributed by atoms with Gasteiger partial charge >= 0.3 is 0 Å². The highest BCUT2D eigenvalue weighted by Gasteiger charge is 2.07. The minimum atomic E-state index is -0.361. The molecule has 0 fully saturated rings. The number of nitrogen functional groups attached to an aromatic ring is 1. The summed E-state index contributed by atoms with van der Waals surface area (Å²) in [6.07, 6.45) is 2.87. The Morgan fingerprint density at radius 1 is 1.50 bits per heavy atom. The van der Waals surface area contributed by atoms with Crippen molar-refractivity contribution in [2.24, 2.45) is 0 Å². The third kappa shape index (κ3) is 3.00. The second-order valence-electron chi connectivity index (χ2n) is 3.78. The molecule has 6 heteroatoms. The molecule has 0 spiro atoms. The fourth-order valence-electron chi connectivity index (χ4n) is 1.48. The maximum absolute atomic E-state index is 13.2. The van der Waals surface area contributed by atoms with Gasteiger partial charge in [-0.05, 0) is 28.4 Å². The average molecular weight is 330 g/mol. The lowest BCUT2D eigenvalue weighted by Crippen LogP contribution is -2.02. The molecule has 1 aromatic carbocycles. The molecule has 18 heavy (non-hydrogen) atoms. The first-order valence-electron chi connectivity index (χ1n) is 5.52. The van der Waals surface area contributed by atoms with Crippen molar-refractivity contribution in [3.8, 4) is 0 Å². The highest BCUT2D eigenvalue weighted by Crippen LogP contribution is 2.27. The lowest BCUT2D eigenvalue weighted by molar-refractivity contribution is 0.622. The van der Waals surface area contributed by atoms with E-state index in [9.17, 15) is 4.39 Å². The number of nitrogens with two attached hydrogens (primary N) is 1. The van der Waals surface area contributed by atoms with Gasteiger partial charge in [-0.15, -0.1) is 11.3 Å². The largest absolute Gasteiger partial charge is 0.397 e. The molecule has 0 radical (unpaired) electrons. The van der Waals surface area contributed by atoms with E-state index in [1.165, 1.54) is 10.9 Å². The number of halogens is 2. The molecule has 2 aromatic rings. The van der Waals surface area contributed by atoms with E-state index in [2.05, 4.69) is 33.2 Å². The van der Waals surface area contributed by atoms with Gasteiger partial charge in [-0.25, -0.2) is 9.37 Å². The van der Waals surface area contributed by atoms with Crippen LogP contribution >= 0.6 is 27.3 Å². The van der Waals surface area contributed by atoms with Crippen LogP contribution in [-0.2, 0) is 13.0 Å². The summed E-state index contributed by atoms with van der Waals surface area (Å²) in [4.78, 5) is 5.55. The maximum atomic E-state index is 13.2. The monoisotopic (exact) mass is 329 g/mol. The second kappa shape index (κ2) is 5.67. The molecule has 0 saturated carbocycles. The summed E-state index contributed by atoms with van der Waals surface area (Å²) in [5.74, 6) is -0.361. The Morgan fingerprint density at radius 3 is 2.94 bits per heavy atom. The van der Waals surface area contributed by atoms with Crippen LogP contribution in [-0.4, -0.2) is 4.98 Å². The van der Waals surface area contributed by atoms with Gasteiger partial charge in [0.25, 0.3) is 0 Å². The van der Waals surface area contributed by atoms with Gasteiger partial charge in [0.2, 0.25) is 0 Å². The predicted octanol–water partition coefficient (Wildman–Crippen LogP) is 3.80. The number of hydrogen-bond donors (Lipinski definition) is 2. The second-order valence-corrected chi connectivity index (χ2v) is 5.84. The minimum absolute atomic E-state index is 0.361. The van der Waals surface area contributed by atoms with Gasteiger partial charge in [0.05, 0.1) is 22.4 Å². The minimum Gasteiger partial charge on any atom is -0.397 e. The van der Waals surface area contributed by atoms with Crippen LogP contribution in [0, 0.1) is 5.82 Å². The van der Waals surface area contributed by atoms with Gasteiger partial charge in [0.1, 0.15) is 10.8 Å². The van der Waals surface area contributed by atoms with Crippen LogP contribution in [0.1, 0.15) is 16.8 Å². The molecule has 0 aliphatic heterocycles. The zero-order chi connectivity index (χ0) is 13.1. The topological polar surface area (TPSA) is 50.9 Å². The molecule has 3 nitrogen and oxygen atoms in total. The van der Waals surface area contributed by atoms with Crippen LogP contribution in [0.5, 0.6) is 0 Å². The third-order valence-corrected chi connectivity index (χ3v) is 4.22. The van der Waals surface area contributed by atoms with E-state index in [0.29, 0.717) is 22.4 Å². The Morgan fingerprint density at radius 2 is 2.28 bits per heavy atom. The van der Waals surface area contributed by atoms with Crippen molar-refractivity contribution >= 4 is 38.6 Å². The van der Waals surface area contributed by atoms with E-state index in [-0.39, 0.29) is 5.82 Å². The zero-order valence-corrected chi connectivity index (χ0v) is 12.2. The van der Waals surface area contributed by atoms with Crippen molar-refractivity contribution in [3.05, 3.63) is 38.5 Å². The first kappa shape index (κ1) is 13.3. The van der Waals surface area contributed by atoms with E-state index in [1.807, 2.05) is 6.20 Å². The van der Waals surface area contributed by atoms with E-state index in [1.54, 1.807) is 17.4 Å². The summed E-state index contributed by atoms with van der Waals surface area (Å²) in [6.45, 7) is 2.69. The molecule has 0 bridgehead atoms. The fraction of sp³-hybridized carbons (Fsp3) is 0.250. The van der Waals surface area contributed by atoms with Crippen LogP contribution in [0.3, 0.4) is 0 Å². The quantitative estimate of drug-likeness (QED) is 0.839. The standard InChI is InChI=1S/C12H13BrFN3S/c1-2-7-5-17-12(18-7)6-16-11-3-8(13)9(14)4-10(11)15/h3-5,16H,2,6,15H2,1H3. The number of rotatable bonds is 4. The Balaban J connectivity index is 2.08. The van der Waals surface area contributed by atoms with Crippen molar-refractivity contribution in [2.45, 2.75) is 19.9 Å². The number of benzene rings is 1. The molecule has 2 rings (SSSR count).